The van der Waals surface area contributed by atoms with Gasteiger partial charge in [0.15, 0.2) is 0 Å². The Bertz CT molecular complexity index is 1040. The fourth-order valence-corrected chi connectivity index (χ4v) is 5.08. The molecule has 0 unspecified atom stereocenters. The van der Waals surface area contributed by atoms with Gasteiger partial charge in [-0.15, -0.1) is 0 Å². The van der Waals surface area contributed by atoms with Crippen LogP contribution in [0.2, 0.25) is 5.02 Å². The van der Waals surface area contributed by atoms with Crippen molar-refractivity contribution in [2.75, 3.05) is 32.7 Å². The zero-order valence-electron chi connectivity index (χ0n) is 16.0. The highest BCUT2D eigenvalue weighted by Gasteiger charge is 2.28. The fraction of sp³-hybridized carbons (Fsp3) is 0.286. The van der Waals surface area contributed by atoms with Crippen molar-refractivity contribution in [3.05, 3.63) is 72.0 Å². The van der Waals surface area contributed by atoms with Gasteiger partial charge in [0.1, 0.15) is 5.82 Å². The van der Waals surface area contributed by atoms with Gasteiger partial charge in [0.25, 0.3) is 0 Å². The summed E-state index contributed by atoms with van der Waals surface area (Å²) in [5, 5.41) is 0.531. The topological polar surface area (TPSA) is 58.4 Å². The molecule has 0 aliphatic carbocycles. The third-order valence-corrected chi connectivity index (χ3v) is 7.35. The molecule has 0 N–H and O–H groups in total. The van der Waals surface area contributed by atoms with Crippen molar-refractivity contribution >= 4 is 21.6 Å². The van der Waals surface area contributed by atoms with Gasteiger partial charge >= 0.3 is 0 Å². The highest BCUT2D eigenvalue weighted by atomic mass is 35.5. The van der Waals surface area contributed by atoms with E-state index in [0.29, 0.717) is 36.1 Å². The lowest BCUT2D eigenvalue weighted by Gasteiger charge is -2.34. The quantitative estimate of drug-likeness (QED) is 0.602. The second-order valence-corrected chi connectivity index (χ2v) is 9.38. The first-order chi connectivity index (χ1) is 14.0. The molecule has 3 aromatic rings. The minimum atomic E-state index is -3.47. The van der Waals surface area contributed by atoms with E-state index in [4.69, 9.17) is 11.6 Å². The standard InChI is InChI=1S/C21H23ClN4O2S/c22-19-6-8-20(9-7-19)29(27,28)26-16-13-24(14-17-26)12-15-25-11-10-23-21(25)18-4-2-1-3-5-18/h1-11H,12-17H2. The molecule has 0 bridgehead atoms. The molecule has 1 aliphatic rings. The zero-order chi connectivity index (χ0) is 20.3. The largest absolute Gasteiger partial charge is 0.330 e. The maximum Gasteiger partial charge on any atom is 0.243 e. The number of rotatable bonds is 6. The van der Waals surface area contributed by atoms with E-state index >= 15 is 0 Å². The molecule has 0 radical (unpaired) electrons. The highest BCUT2D eigenvalue weighted by Crippen LogP contribution is 2.20. The van der Waals surface area contributed by atoms with Gasteiger partial charge in [-0.25, -0.2) is 13.4 Å². The van der Waals surface area contributed by atoms with Crippen LogP contribution in [0.1, 0.15) is 0 Å². The van der Waals surface area contributed by atoms with Crippen LogP contribution in [-0.4, -0.2) is 59.9 Å². The number of nitrogens with zero attached hydrogens (tertiary/aromatic N) is 4. The molecule has 1 aromatic heterocycles. The van der Waals surface area contributed by atoms with Crippen LogP contribution in [0, 0.1) is 0 Å². The summed E-state index contributed by atoms with van der Waals surface area (Å²) in [6, 6.07) is 16.5. The predicted molar refractivity (Wildman–Crippen MR) is 114 cm³/mol. The van der Waals surface area contributed by atoms with Crippen LogP contribution >= 0.6 is 11.6 Å². The fourth-order valence-electron chi connectivity index (χ4n) is 3.54. The van der Waals surface area contributed by atoms with Crippen molar-refractivity contribution in [3.8, 4) is 11.4 Å². The van der Waals surface area contributed by atoms with Gasteiger partial charge < -0.3 is 4.57 Å². The number of benzene rings is 2. The predicted octanol–water partition coefficient (Wildman–Crippen LogP) is 3.21. The van der Waals surface area contributed by atoms with Crippen LogP contribution in [0.3, 0.4) is 0 Å². The van der Waals surface area contributed by atoms with E-state index in [2.05, 4.69) is 26.6 Å². The molecule has 29 heavy (non-hydrogen) atoms. The molecule has 0 amide bonds. The molecule has 1 saturated heterocycles. The number of halogens is 1. The summed E-state index contributed by atoms with van der Waals surface area (Å²) in [5.74, 6) is 0.953. The van der Waals surface area contributed by atoms with Gasteiger partial charge in [0.2, 0.25) is 10.0 Å². The second kappa shape index (κ2) is 8.67. The Balaban J connectivity index is 1.34. The second-order valence-electron chi connectivity index (χ2n) is 7.01. The van der Waals surface area contributed by atoms with Crippen LogP contribution in [0.15, 0.2) is 71.9 Å². The maximum absolute atomic E-state index is 12.8. The average molecular weight is 431 g/mol. The average Bonchev–Trinajstić information content (AvgIpc) is 3.22. The number of aromatic nitrogens is 2. The first-order valence-electron chi connectivity index (χ1n) is 9.59. The van der Waals surface area contributed by atoms with E-state index < -0.39 is 10.0 Å². The lowest BCUT2D eigenvalue weighted by atomic mass is 10.2. The van der Waals surface area contributed by atoms with Gasteiger partial charge in [-0.1, -0.05) is 41.9 Å². The van der Waals surface area contributed by atoms with E-state index in [9.17, 15) is 8.42 Å². The molecule has 1 fully saturated rings. The first kappa shape index (κ1) is 20.1. The lowest BCUT2D eigenvalue weighted by molar-refractivity contribution is 0.183. The van der Waals surface area contributed by atoms with Gasteiger partial charge in [0.05, 0.1) is 4.90 Å². The molecule has 1 aliphatic heterocycles. The monoisotopic (exact) mass is 430 g/mol. The minimum absolute atomic E-state index is 0.293. The van der Waals surface area contributed by atoms with Crippen LogP contribution in [0.25, 0.3) is 11.4 Å². The number of sulfonamides is 1. The Morgan fingerprint density at radius 3 is 2.28 bits per heavy atom. The Hall–Kier alpha value is -2.19. The summed E-state index contributed by atoms with van der Waals surface area (Å²) in [6.45, 7) is 4.06. The SMILES string of the molecule is O=S(=O)(c1ccc(Cl)cc1)N1CCN(CCn2ccnc2-c2ccccc2)CC1. The first-order valence-corrected chi connectivity index (χ1v) is 11.4. The molecule has 2 aromatic carbocycles. The molecule has 152 valence electrons. The van der Waals surface area contributed by atoms with Crippen molar-refractivity contribution in [1.82, 2.24) is 18.8 Å². The smallest absolute Gasteiger partial charge is 0.243 e. The van der Waals surface area contributed by atoms with Crippen molar-refractivity contribution in [1.29, 1.82) is 0 Å². The molecule has 4 rings (SSSR count). The number of hydrogen-bond donors (Lipinski definition) is 0. The lowest BCUT2D eigenvalue weighted by Crippen LogP contribution is -2.49. The van der Waals surface area contributed by atoms with E-state index in [0.717, 1.165) is 24.5 Å². The van der Waals surface area contributed by atoms with Gasteiger partial charge in [-0.2, -0.15) is 4.31 Å². The summed E-state index contributed by atoms with van der Waals surface area (Å²) < 4.78 is 29.3. The van der Waals surface area contributed by atoms with Gasteiger partial charge in [0, 0.05) is 62.2 Å². The van der Waals surface area contributed by atoms with E-state index in [-0.39, 0.29) is 0 Å². The summed E-state index contributed by atoms with van der Waals surface area (Å²) >= 11 is 5.87. The molecule has 0 spiro atoms. The minimum Gasteiger partial charge on any atom is -0.330 e. The van der Waals surface area contributed by atoms with Crippen LogP contribution < -0.4 is 0 Å². The van der Waals surface area contributed by atoms with Gasteiger partial charge in [-0.05, 0) is 24.3 Å². The van der Waals surface area contributed by atoms with E-state index in [1.54, 1.807) is 28.6 Å². The van der Waals surface area contributed by atoms with Crippen molar-refractivity contribution in [3.63, 3.8) is 0 Å². The Morgan fingerprint density at radius 2 is 1.59 bits per heavy atom. The van der Waals surface area contributed by atoms with Crippen molar-refractivity contribution in [2.24, 2.45) is 0 Å². The molecule has 8 heteroatoms. The third-order valence-electron chi connectivity index (χ3n) is 5.19. The highest BCUT2D eigenvalue weighted by molar-refractivity contribution is 7.89. The molecule has 6 nitrogen and oxygen atoms in total. The Kier molecular flexibility index (Phi) is 6.01. The van der Waals surface area contributed by atoms with Crippen LogP contribution in [0.4, 0.5) is 0 Å². The zero-order valence-corrected chi connectivity index (χ0v) is 17.6. The summed E-state index contributed by atoms with van der Waals surface area (Å²) in [5.41, 5.74) is 1.09. The summed E-state index contributed by atoms with van der Waals surface area (Å²) in [4.78, 5) is 7.07. The Morgan fingerprint density at radius 1 is 0.897 bits per heavy atom. The third kappa shape index (κ3) is 4.53. The number of piperazine rings is 1. The number of imidazole rings is 1. The van der Waals surface area contributed by atoms with Crippen molar-refractivity contribution in [2.45, 2.75) is 11.4 Å². The Labute approximate surface area is 176 Å². The van der Waals surface area contributed by atoms with Crippen LogP contribution in [-0.2, 0) is 16.6 Å². The molecule has 0 atom stereocenters. The summed E-state index contributed by atoms with van der Waals surface area (Å²) in [7, 11) is -3.47. The summed E-state index contributed by atoms with van der Waals surface area (Å²) in [6.07, 6.45) is 3.81. The van der Waals surface area contributed by atoms with Crippen molar-refractivity contribution < 1.29 is 8.42 Å². The molecular formula is C21H23ClN4O2S. The molecule has 0 saturated carbocycles. The van der Waals surface area contributed by atoms with E-state index in [1.165, 1.54) is 0 Å². The number of hydrogen-bond acceptors (Lipinski definition) is 4. The maximum atomic E-state index is 12.8. The normalized spacial score (nSPS) is 16.2. The molecule has 2 heterocycles. The van der Waals surface area contributed by atoms with Crippen LogP contribution in [0.5, 0.6) is 0 Å². The van der Waals surface area contributed by atoms with Gasteiger partial charge in [-0.3, -0.25) is 4.90 Å². The van der Waals surface area contributed by atoms with E-state index in [1.807, 2.05) is 30.6 Å². The molecular weight excluding hydrogens is 408 g/mol.